The standard InChI is InChI=1S/C10H22N2/c1-9-4-3-5-10(8-9)12(2)7-6-11/h9-10H,3-8,11H2,1-2H3. The van der Waals surface area contributed by atoms with E-state index in [4.69, 9.17) is 5.73 Å². The minimum atomic E-state index is 0.793. The molecule has 1 aliphatic rings. The largest absolute Gasteiger partial charge is 0.329 e. The van der Waals surface area contributed by atoms with Crippen LogP contribution in [0.4, 0.5) is 0 Å². The molecule has 0 spiro atoms. The summed E-state index contributed by atoms with van der Waals surface area (Å²) < 4.78 is 0. The second-order valence-electron chi connectivity index (χ2n) is 4.19. The summed E-state index contributed by atoms with van der Waals surface area (Å²) in [6.45, 7) is 4.21. The van der Waals surface area contributed by atoms with Crippen LogP contribution in [0.1, 0.15) is 32.6 Å². The van der Waals surface area contributed by atoms with E-state index in [1.165, 1.54) is 25.7 Å². The summed E-state index contributed by atoms with van der Waals surface area (Å²) in [6.07, 6.45) is 5.57. The first kappa shape index (κ1) is 10.0. The second kappa shape index (κ2) is 4.83. The fraction of sp³-hybridized carbons (Fsp3) is 1.00. The highest BCUT2D eigenvalue weighted by molar-refractivity contribution is 4.76. The van der Waals surface area contributed by atoms with Crippen molar-refractivity contribution in [1.82, 2.24) is 4.90 Å². The van der Waals surface area contributed by atoms with Gasteiger partial charge in [-0.3, -0.25) is 0 Å². The van der Waals surface area contributed by atoms with Crippen LogP contribution >= 0.6 is 0 Å². The van der Waals surface area contributed by atoms with Gasteiger partial charge in [0.1, 0.15) is 0 Å². The molecule has 0 aliphatic heterocycles. The molecule has 0 radical (unpaired) electrons. The van der Waals surface area contributed by atoms with Gasteiger partial charge in [0.2, 0.25) is 0 Å². The molecule has 72 valence electrons. The van der Waals surface area contributed by atoms with Gasteiger partial charge in [-0.05, 0) is 25.8 Å². The highest BCUT2D eigenvalue weighted by Crippen LogP contribution is 2.26. The third-order valence-electron chi connectivity index (χ3n) is 3.01. The summed E-state index contributed by atoms with van der Waals surface area (Å²) in [5.41, 5.74) is 5.53. The first-order chi connectivity index (χ1) is 5.74. The van der Waals surface area contributed by atoms with Crippen molar-refractivity contribution in [2.75, 3.05) is 20.1 Å². The zero-order valence-corrected chi connectivity index (χ0v) is 8.42. The van der Waals surface area contributed by atoms with Crippen molar-refractivity contribution < 1.29 is 0 Å². The molecule has 1 fully saturated rings. The molecule has 1 aliphatic carbocycles. The van der Waals surface area contributed by atoms with Gasteiger partial charge in [-0.2, -0.15) is 0 Å². The van der Waals surface area contributed by atoms with E-state index >= 15 is 0 Å². The Bertz CT molecular complexity index is 125. The van der Waals surface area contributed by atoms with Crippen molar-refractivity contribution in [2.24, 2.45) is 11.7 Å². The van der Waals surface area contributed by atoms with Crippen molar-refractivity contribution in [3.63, 3.8) is 0 Å². The first-order valence-electron chi connectivity index (χ1n) is 5.14. The highest BCUT2D eigenvalue weighted by atomic mass is 15.1. The van der Waals surface area contributed by atoms with Crippen molar-refractivity contribution in [3.8, 4) is 0 Å². The van der Waals surface area contributed by atoms with Gasteiger partial charge in [0, 0.05) is 19.1 Å². The summed E-state index contributed by atoms with van der Waals surface area (Å²) in [5, 5.41) is 0. The molecular formula is C10H22N2. The molecule has 1 saturated carbocycles. The van der Waals surface area contributed by atoms with Crippen molar-refractivity contribution in [3.05, 3.63) is 0 Å². The molecule has 2 atom stereocenters. The van der Waals surface area contributed by atoms with E-state index in [9.17, 15) is 0 Å². The van der Waals surface area contributed by atoms with Crippen LogP contribution in [-0.4, -0.2) is 31.1 Å². The topological polar surface area (TPSA) is 29.3 Å². The van der Waals surface area contributed by atoms with Crippen LogP contribution in [0.2, 0.25) is 0 Å². The Kier molecular flexibility index (Phi) is 4.02. The van der Waals surface area contributed by atoms with E-state index in [0.717, 1.165) is 25.0 Å². The normalized spacial score (nSPS) is 31.0. The molecule has 0 bridgehead atoms. The predicted molar refractivity (Wildman–Crippen MR) is 53.1 cm³/mol. The van der Waals surface area contributed by atoms with Crippen LogP contribution in [0, 0.1) is 5.92 Å². The maximum absolute atomic E-state index is 5.53. The molecule has 1 rings (SSSR count). The van der Waals surface area contributed by atoms with E-state index in [0.29, 0.717) is 0 Å². The Morgan fingerprint density at radius 3 is 2.75 bits per heavy atom. The predicted octanol–water partition coefficient (Wildman–Crippen LogP) is 1.46. The molecule has 2 nitrogen and oxygen atoms in total. The molecule has 0 aromatic heterocycles. The van der Waals surface area contributed by atoms with Gasteiger partial charge >= 0.3 is 0 Å². The maximum atomic E-state index is 5.53. The van der Waals surface area contributed by atoms with Crippen LogP contribution in [0.15, 0.2) is 0 Å². The van der Waals surface area contributed by atoms with Crippen molar-refractivity contribution in [2.45, 2.75) is 38.6 Å². The number of hydrogen-bond donors (Lipinski definition) is 1. The third-order valence-corrected chi connectivity index (χ3v) is 3.01. The molecule has 12 heavy (non-hydrogen) atoms. The maximum Gasteiger partial charge on any atom is 0.0104 e. The number of nitrogens with two attached hydrogens (primary N) is 1. The quantitative estimate of drug-likeness (QED) is 0.694. The minimum Gasteiger partial charge on any atom is -0.329 e. The summed E-state index contributed by atoms with van der Waals surface area (Å²) >= 11 is 0. The van der Waals surface area contributed by atoms with Gasteiger partial charge in [-0.15, -0.1) is 0 Å². The third kappa shape index (κ3) is 2.76. The zero-order valence-electron chi connectivity index (χ0n) is 8.42. The lowest BCUT2D eigenvalue weighted by atomic mass is 9.86. The van der Waals surface area contributed by atoms with Crippen LogP contribution in [-0.2, 0) is 0 Å². The Hall–Kier alpha value is -0.0800. The molecule has 0 aromatic carbocycles. The van der Waals surface area contributed by atoms with Gasteiger partial charge in [0.05, 0.1) is 0 Å². The SMILES string of the molecule is CC1CCCC(N(C)CCN)C1. The van der Waals surface area contributed by atoms with Crippen LogP contribution < -0.4 is 5.73 Å². The number of likely N-dealkylation sites (N-methyl/N-ethyl adjacent to an activating group) is 1. The van der Waals surface area contributed by atoms with Crippen LogP contribution in [0.3, 0.4) is 0 Å². The summed E-state index contributed by atoms with van der Waals surface area (Å²) in [5.74, 6) is 0.920. The van der Waals surface area contributed by atoms with Gasteiger partial charge in [-0.1, -0.05) is 19.8 Å². The molecule has 0 amide bonds. The fourth-order valence-corrected chi connectivity index (χ4v) is 2.19. The minimum absolute atomic E-state index is 0.793. The van der Waals surface area contributed by atoms with E-state index < -0.39 is 0 Å². The Morgan fingerprint density at radius 1 is 1.42 bits per heavy atom. The number of hydrogen-bond acceptors (Lipinski definition) is 2. The smallest absolute Gasteiger partial charge is 0.0104 e. The van der Waals surface area contributed by atoms with Gasteiger partial charge in [-0.25, -0.2) is 0 Å². The lowest BCUT2D eigenvalue weighted by Gasteiger charge is -2.33. The second-order valence-corrected chi connectivity index (χ2v) is 4.19. The summed E-state index contributed by atoms with van der Waals surface area (Å²) in [4.78, 5) is 2.43. The lowest BCUT2D eigenvalue weighted by Crippen LogP contribution is -2.38. The van der Waals surface area contributed by atoms with Crippen molar-refractivity contribution >= 4 is 0 Å². The monoisotopic (exact) mass is 170 g/mol. The van der Waals surface area contributed by atoms with Crippen molar-refractivity contribution in [1.29, 1.82) is 0 Å². The van der Waals surface area contributed by atoms with E-state index in [-0.39, 0.29) is 0 Å². The van der Waals surface area contributed by atoms with E-state index in [2.05, 4.69) is 18.9 Å². The summed E-state index contributed by atoms with van der Waals surface area (Å²) in [6, 6.07) is 0.803. The van der Waals surface area contributed by atoms with Crippen LogP contribution in [0.25, 0.3) is 0 Å². The molecule has 2 unspecified atom stereocenters. The molecule has 2 N–H and O–H groups in total. The Labute approximate surface area is 76.1 Å². The fourth-order valence-electron chi connectivity index (χ4n) is 2.19. The lowest BCUT2D eigenvalue weighted by molar-refractivity contribution is 0.168. The molecule has 0 saturated heterocycles. The molecule has 0 heterocycles. The van der Waals surface area contributed by atoms with Gasteiger partial charge in [0.25, 0.3) is 0 Å². The number of rotatable bonds is 3. The highest BCUT2D eigenvalue weighted by Gasteiger charge is 2.21. The summed E-state index contributed by atoms with van der Waals surface area (Å²) in [7, 11) is 2.20. The van der Waals surface area contributed by atoms with E-state index in [1.807, 2.05) is 0 Å². The Morgan fingerprint density at radius 2 is 2.17 bits per heavy atom. The average molecular weight is 170 g/mol. The number of nitrogens with zero attached hydrogens (tertiary/aromatic N) is 1. The molecular weight excluding hydrogens is 148 g/mol. The van der Waals surface area contributed by atoms with E-state index in [1.54, 1.807) is 0 Å². The molecule has 2 heteroatoms. The van der Waals surface area contributed by atoms with Crippen LogP contribution in [0.5, 0.6) is 0 Å². The molecule has 0 aromatic rings. The average Bonchev–Trinajstić information content (AvgIpc) is 2.05. The van der Waals surface area contributed by atoms with Gasteiger partial charge < -0.3 is 10.6 Å². The zero-order chi connectivity index (χ0) is 8.97. The first-order valence-corrected chi connectivity index (χ1v) is 5.14. The van der Waals surface area contributed by atoms with Gasteiger partial charge in [0.15, 0.2) is 0 Å². The Balaban J connectivity index is 2.29.